The fourth-order valence-electron chi connectivity index (χ4n) is 2.30. The Hall–Kier alpha value is -1.14. The van der Waals surface area contributed by atoms with E-state index in [4.69, 9.17) is 0 Å². The van der Waals surface area contributed by atoms with E-state index in [0.717, 1.165) is 19.6 Å². The van der Waals surface area contributed by atoms with Gasteiger partial charge in [0.1, 0.15) is 0 Å². The van der Waals surface area contributed by atoms with Crippen molar-refractivity contribution in [2.24, 2.45) is 5.92 Å². The fourth-order valence-corrected chi connectivity index (χ4v) is 2.30. The molecule has 2 unspecified atom stereocenters. The minimum Gasteiger partial charge on any atom is -0.338 e. The van der Waals surface area contributed by atoms with E-state index in [1.54, 1.807) is 6.92 Å². The molecule has 19 heavy (non-hydrogen) atoms. The van der Waals surface area contributed by atoms with Crippen LogP contribution in [0.5, 0.6) is 0 Å². The molecule has 3 N–H and O–H groups in total. The third-order valence-corrected chi connectivity index (χ3v) is 3.40. The van der Waals surface area contributed by atoms with Gasteiger partial charge in [-0.1, -0.05) is 0 Å². The standard InChI is InChI=1S/C13H26N4O2/c1-4-14-13(19)16-12(18)10(2)15-8-11-6-5-7-17(3)9-11/h10-11,15H,4-9H2,1-3H3,(H2,14,16,18,19). The number of hydrogen-bond acceptors (Lipinski definition) is 4. The van der Waals surface area contributed by atoms with E-state index >= 15 is 0 Å². The Balaban J connectivity index is 2.24. The molecule has 1 aliphatic rings. The summed E-state index contributed by atoms with van der Waals surface area (Å²) in [6, 6.07) is -0.784. The molecule has 1 fully saturated rings. The number of amides is 3. The summed E-state index contributed by atoms with van der Waals surface area (Å²) in [5, 5.41) is 8.05. The lowest BCUT2D eigenvalue weighted by molar-refractivity contribution is -0.121. The third kappa shape index (κ3) is 6.02. The summed E-state index contributed by atoms with van der Waals surface area (Å²) >= 11 is 0. The lowest BCUT2D eigenvalue weighted by atomic mass is 9.98. The second kappa shape index (κ2) is 8.12. The van der Waals surface area contributed by atoms with Crippen molar-refractivity contribution in [2.75, 3.05) is 33.2 Å². The van der Waals surface area contributed by atoms with Crippen LogP contribution in [0.15, 0.2) is 0 Å². The van der Waals surface area contributed by atoms with Crippen LogP contribution in [-0.4, -0.2) is 56.1 Å². The van der Waals surface area contributed by atoms with Crippen LogP contribution in [-0.2, 0) is 4.79 Å². The molecule has 6 heteroatoms. The first-order chi connectivity index (χ1) is 9.02. The smallest absolute Gasteiger partial charge is 0.321 e. The van der Waals surface area contributed by atoms with Gasteiger partial charge in [-0.15, -0.1) is 0 Å². The van der Waals surface area contributed by atoms with Gasteiger partial charge < -0.3 is 15.5 Å². The molecule has 110 valence electrons. The Labute approximate surface area is 115 Å². The predicted molar refractivity (Wildman–Crippen MR) is 74.9 cm³/mol. The molecule has 0 spiro atoms. The number of carbonyl (C=O) groups excluding carboxylic acids is 2. The highest BCUT2D eigenvalue weighted by Gasteiger charge is 2.20. The molecule has 0 aromatic carbocycles. The number of urea groups is 1. The predicted octanol–water partition coefficient (Wildman–Crippen LogP) is 0.152. The molecule has 3 amide bonds. The summed E-state index contributed by atoms with van der Waals surface area (Å²) in [5.41, 5.74) is 0. The van der Waals surface area contributed by atoms with Gasteiger partial charge in [0, 0.05) is 13.1 Å². The largest absolute Gasteiger partial charge is 0.338 e. The van der Waals surface area contributed by atoms with Crippen molar-refractivity contribution < 1.29 is 9.59 Å². The first kappa shape index (κ1) is 15.9. The molecule has 0 radical (unpaired) electrons. The van der Waals surface area contributed by atoms with E-state index in [1.165, 1.54) is 12.8 Å². The van der Waals surface area contributed by atoms with Crippen LogP contribution >= 0.6 is 0 Å². The average Bonchev–Trinajstić information content (AvgIpc) is 2.36. The summed E-state index contributed by atoms with van der Waals surface area (Å²) < 4.78 is 0. The van der Waals surface area contributed by atoms with Crippen molar-refractivity contribution in [3.8, 4) is 0 Å². The van der Waals surface area contributed by atoms with Gasteiger partial charge in [-0.3, -0.25) is 10.1 Å². The minimum absolute atomic E-state index is 0.282. The topological polar surface area (TPSA) is 73.5 Å². The number of carbonyl (C=O) groups is 2. The second-order valence-corrected chi connectivity index (χ2v) is 5.25. The van der Waals surface area contributed by atoms with Gasteiger partial charge in [-0.05, 0) is 52.7 Å². The van der Waals surface area contributed by atoms with Gasteiger partial charge in [0.25, 0.3) is 0 Å². The van der Waals surface area contributed by atoms with E-state index < -0.39 is 6.03 Å². The van der Waals surface area contributed by atoms with Gasteiger partial charge in [-0.25, -0.2) is 4.79 Å². The zero-order valence-corrected chi connectivity index (χ0v) is 12.2. The molecule has 0 aromatic rings. The molecule has 0 aliphatic carbocycles. The summed E-state index contributed by atoms with van der Waals surface area (Å²) in [6.07, 6.45) is 2.41. The molecule has 2 atom stereocenters. The van der Waals surface area contributed by atoms with Crippen molar-refractivity contribution in [1.82, 2.24) is 20.9 Å². The molecule has 0 aromatic heterocycles. The number of nitrogens with one attached hydrogen (secondary N) is 3. The van der Waals surface area contributed by atoms with Gasteiger partial charge in [-0.2, -0.15) is 0 Å². The van der Waals surface area contributed by atoms with E-state index in [-0.39, 0.29) is 11.9 Å². The summed E-state index contributed by atoms with van der Waals surface area (Å²) in [7, 11) is 2.12. The maximum atomic E-state index is 11.7. The highest BCUT2D eigenvalue weighted by molar-refractivity contribution is 5.96. The molecule has 1 rings (SSSR count). The van der Waals surface area contributed by atoms with E-state index in [2.05, 4.69) is 27.9 Å². The van der Waals surface area contributed by atoms with Crippen LogP contribution in [0.3, 0.4) is 0 Å². The highest BCUT2D eigenvalue weighted by Crippen LogP contribution is 2.13. The Morgan fingerprint density at radius 3 is 2.79 bits per heavy atom. The first-order valence-electron chi connectivity index (χ1n) is 7.03. The van der Waals surface area contributed by atoms with Crippen LogP contribution in [0.1, 0.15) is 26.7 Å². The molecule has 1 aliphatic heterocycles. The van der Waals surface area contributed by atoms with Gasteiger partial charge >= 0.3 is 6.03 Å². The van der Waals surface area contributed by atoms with Gasteiger partial charge in [0.05, 0.1) is 6.04 Å². The van der Waals surface area contributed by atoms with Crippen LogP contribution in [0, 0.1) is 5.92 Å². The van der Waals surface area contributed by atoms with Crippen molar-refractivity contribution in [1.29, 1.82) is 0 Å². The maximum Gasteiger partial charge on any atom is 0.321 e. The van der Waals surface area contributed by atoms with Crippen LogP contribution in [0.2, 0.25) is 0 Å². The SMILES string of the molecule is CCNC(=O)NC(=O)C(C)NCC1CCCN(C)C1. The molecule has 6 nitrogen and oxygen atoms in total. The maximum absolute atomic E-state index is 11.7. The normalized spacial score (nSPS) is 21.7. The zero-order chi connectivity index (χ0) is 14.3. The molecule has 0 bridgehead atoms. The second-order valence-electron chi connectivity index (χ2n) is 5.25. The molecule has 1 heterocycles. The Bertz CT molecular complexity index is 309. The van der Waals surface area contributed by atoms with Crippen LogP contribution < -0.4 is 16.0 Å². The van der Waals surface area contributed by atoms with Crippen molar-refractivity contribution in [3.05, 3.63) is 0 Å². The van der Waals surface area contributed by atoms with Crippen LogP contribution in [0.25, 0.3) is 0 Å². The Kier molecular flexibility index (Phi) is 6.80. The van der Waals surface area contributed by atoms with Crippen molar-refractivity contribution in [2.45, 2.75) is 32.7 Å². The lowest BCUT2D eigenvalue weighted by Gasteiger charge is -2.30. The van der Waals surface area contributed by atoms with Gasteiger partial charge in [0.2, 0.25) is 5.91 Å². The Morgan fingerprint density at radius 1 is 1.42 bits per heavy atom. The van der Waals surface area contributed by atoms with Crippen molar-refractivity contribution >= 4 is 11.9 Å². The number of rotatable bonds is 5. The van der Waals surface area contributed by atoms with E-state index in [0.29, 0.717) is 12.5 Å². The number of likely N-dealkylation sites (tertiary alicyclic amines) is 1. The molecular weight excluding hydrogens is 244 g/mol. The average molecular weight is 270 g/mol. The monoisotopic (exact) mass is 270 g/mol. The number of hydrogen-bond donors (Lipinski definition) is 3. The molecule has 0 saturated carbocycles. The number of piperidine rings is 1. The van der Waals surface area contributed by atoms with Crippen LogP contribution in [0.4, 0.5) is 4.79 Å². The first-order valence-corrected chi connectivity index (χ1v) is 7.03. The van der Waals surface area contributed by atoms with E-state index in [1.807, 2.05) is 6.92 Å². The third-order valence-electron chi connectivity index (χ3n) is 3.40. The fraction of sp³-hybridized carbons (Fsp3) is 0.846. The Morgan fingerprint density at radius 2 is 2.16 bits per heavy atom. The lowest BCUT2D eigenvalue weighted by Crippen LogP contribution is -2.49. The summed E-state index contributed by atoms with van der Waals surface area (Å²) in [4.78, 5) is 25.3. The number of nitrogens with zero attached hydrogens (tertiary/aromatic N) is 1. The minimum atomic E-state index is -0.432. The van der Waals surface area contributed by atoms with E-state index in [9.17, 15) is 9.59 Å². The zero-order valence-electron chi connectivity index (χ0n) is 12.2. The molecular formula is C13H26N4O2. The highest BCUT2D eigenvalue weighted by atomic mass is 16.2. The number of imide groups is 1. The van der Waals surface area contributed by atoms with Gasteiger partial charge in [0.15, 0.2) is 0 Å². The molecule has 1 saturated heterocycles. The van der Waals surface area contributed by atoms with Crippen molar-refractivity contribution in [3.63, 3.8) is 0 Å². The summed E-state index contributed by atoms with van der Waals surface area (Å²) in [6.45, 7) is 7.14. The quantitative estimate of drug-likeness (QED) is 0.665. The summed E-state index contributed by atoms with van der Waals surface area (Å²) in [5.74, 6) is 0.300.